The molecule has 10 heteroatoms. The number of fused-ring (bicyclic) bond motifs is 1. The fourth-order valence-electron chi connectivity index (χ4n) is 2.39. The summed E-state index contributed by atoms with van der Waals surface area (Å²) in [5.41, 5.74) is -0.381. The van der Waals surface area contributed by atoms with E-state index in [0.717, 1.165) is 0 Å². The number of benzene rings is 1. The summed E-state index contributed by atoms with van der Waals surface area (Å²) in [7, 11) is 3.26. The lowest BCUT2D eigenvalue weighted by Gasteiger charge is -2.14. The number of nitro groups is 1. The van der Waals surface area contributed by atoms with Crippen molar-refractivity contribution in [2.75, 3.05) is 14.1 Å². The number of aromatic nitrogens is 2. The zero-order chi connectivity index (χ0) is 18.8. The second-order valence-electron chi connectivity index (χ2n) is 5.62. The molecular weight excluding hydrogens is 342 g/mol. The normalized spacial score (nSPS) is 13.0. The molecule has 2 heterocycles. The van der Waals surface area contributed by atoms with E-state index in [1.165, 1.54) is 29.5 Å². The molecule has 0 amide bonds. The van der Waals surface area contributed by atoms with Crippen molar-refractivity contribution in [2.24, 2.45) is 5.10 Å². The molecule has 0 aliphatic heterocycles. The van der Waals surface area contributed by atoms with Gasteiger partial charge in [0.05, 0.1) is 22.2 Å². The Kier molecular flexibility index (Phi) is 4.50. The topological polar surface area (TPSA) is 138 Å². The van der Waals surface area contributed by atoms with E-state index < -0.39 is 16.6 Å². The van der Waals surface area contributed by atoms with Gasteiger partial charge in [-0.25, -0.2) is 4.98 Å². The first-order valence-corrected chi connectivity index (χ1v) is 7.53. The Morgan fingerprint density at radius 1 is 1.42 bits per heavy atom. The molecule has 1 aromatic carbocycles. The number of non-ortho nitro benzene ring substituents is 1. The van der Waals surface area contributed by atoms with Gasteiger partial charge in [0.15, 0.2) is 11.8 Å². The van der Waals surface area contributed by atoms with Crippen LogP contribution in [0.2, 0.25) is 0 Å². The molecule has 0 saturated carbocycles. The quantitative estimate of drug-likeness (QED) is 0.400. The number of nitrogens with zero attached hydrogens (tertiary/aromatic N) is 4. The Morgan fingerprint density at radius 2 is 2.19 bits per heavy atom. The minimum absolute atomic E-state index is 0.00791. The number of aromatic amines is 1. The van der Waals surface area contributed by atoms with Gasteiger partial charge in [-0.2, -0.15) is 5.10 Å². The largest absolute Gasteiger partial charge is 0.466 e. The van der Waals surface area contributed by atoms with Gasteiger partial charge in [0.25, 0.3) is 11.2 Å². The Labute approximate surface area is 146 Å². The highest BCUT2D eigenvalue weighted by molar-refractivity contribution is 6.03. The van der Waals surface area contributed by atoms with E-state index in [9.17, 15) is 20.0 Å². The molecule has 1 unspecified atom stereocenters. The molecule has 3 aromatic rings. The summed E-state index contributed by atoms with van der Waals surface area (Å²) in [6.45, 7) is 0. The van der Waals surface area contributed by atoms with Gasteiger partial charge in [-0.1, -0.05) is 0 Å². The van der Waals surface area contributed by atoms with Crippen molar-refractivity contribution in [1.29, 1.82) is 0 Å². The number of nitro benzene ring substituents is 1. The molecule has 0 spiro atoms. The summed E-state index contributed by atoms with van der Waals surface area (Å²) in [5, 5.41) is 27.0. The zero-order valence-electron chi connectivity index (χ0n) is 13.9. The predicted octanol–water partition coefficient (Wildman–Crippen LogP) is 1.42. The fraction of sp³-hybridized carbons (Fsp3) is 0.188. The van der Waals surface area contributed by atoms with Gasteiger partial charge in [0.2, 0.25) is 0 Å². The van der Waals surface area contributed by atoms with E-state index in [1.54, 1.807) is 26.2 Å². The van der Waals surface area contributed by atoms with Crippen LogP contribution in [0.4, 0.5) is 5.69 Å². The number of furan rings is 1. The van der Waals surface area contributed by atoms with Gasteiger partial charge in [0.1, 0.15) is 11.5 Å². The molecule has 0 aliphatic carbocycles. The van der Waals surface area contributed by atoms with Crippen LogP contribution in [0.3, 0.4) is 0 Å². The first-order valence-electron chi connectivity index (χ1n) is 7.53. The monoisotopic (exact) mass is 357 g/mol. The van der Waals surface area contributed by atoms with E-state index in [1.807, 2.05) is 0 Å². The highest BCUT2D eigenvalue weighted by Gasteiger charge is 2.25. The highest BCUT2D eigenvalue weighted by atomic mass is 16.6. The first kappa shape index (κ1) is 17.3. The van der Waals surface area contributed by atoms with Crippen molar-refractivity contribution >= 4 is 22.4 Å². The SMILES string of the molecule is CN(C)/N=C(/c1nc2ccc([N+](=O)[O-])cc2[nH]c1=O)C(O)c1ccco1. The molecule has 2 N–H and O–H groups in total. The maximum absolute atomic E-state index is 12.5. The van der Waals surface area contributed by atoms with Crippen LogP contribution in [0.1, 0.15) is 17.6 Å². The standard InChI is InChI=1S/C16H15N5O5/c1-20(2)19-13(15(22)12-4-3-7-26-12)14-16(23)18-11-8-9(21(24)25)5-6-10(11)17-14/h3-8,15,22H,1-2H3,(H,18,23)/b19-13-. The molecule has 26 heavy (non-hydrogen) atoms. The van der Waals surface area contributed by atoms with Crippen molar-refractivity contribution < 1.29 is 14.4 Å². The van der Waals surface area contributed by atoms with Crippen LogP contribution in [-0.2, 0) is 0 Å². The summed E-state index contributed by atoms with van der Waals surface area (Å²) in [6, 6.07) is 7.07. The summed E-state index contributed by atoms with van der Waals surface area (Å²) < 4.78 is 5.18. The van der Waals surface area contributed by atoms with Gasteiger partial charge in [-0.05, 0) is 18.2 Å². The van der Waals surface area contributed by atoms with E-state index >= 15 is 0 Å². The van der Waals surface area contributed by atoms with Crippen LogP contribution < -0.4 is 5.56 Å². The van der Waals surface area contributed by atoms with E-state index in [4.69, 9.17) is 4.42 Å². The number of nitrogens with one attached hydrogen (secondary N) is 1. The summed E-state index contributed by atoms with van der Waals surface area (Å²) >= 11 is 0. The molecule has 1 atom stereocenters. The van der Waals surface area contributed by atoms with Crippen LogP contribution in [0.5, 0.6) is 0 Å². The maximum atomic E-state index is 12.5. The molecule has 0 saturated heterocycles. The third-order valence-electron chi connectivity index (χ3n) is 3.51. The average molecular weight is 357 g/mol. The van der Waals surface area contributed by atoms with Gasteiger partial charge >= 0.3 is 0 Å². The Morgan fingerprint density at radius 3 is 2.81 bits per heavy atom. The number of aliphatic hydroxyl groups excluding tert-OH is 1. The number of H-pyrrole nitrogens is 1. The van der Waals surface area contributed by atoms with E-state index in [2.05, 4.69) is 15.1 Å². The summed E-state index contributed by atoms with van der Waals surface area (Å²) in [5.74, 6) is 0.204. The number of aliphatic hydroxyl groups is 1. The minimum Gasteiger partial charge on any atom is -0.466 e. The fourth-order valence-corrected chi connectivity index (χ4v) is 2.39. The van der Waals surface area contributed by atoms with E-state index in [-0.39, 0.29) is 28.4 Å². The lowest BCUT2D eigenvalue weighted by molar-refractivity contribution is -0.384. The van der Waals surface area contributed by atoms with Crippen molar-refractivity contribution in [3.63, 3.8) is 0 Å². The van der Waals surface area contributed by atoms with Gasteiger partial charge < -0.3 is 19.5 Å². The molecule has 10 nitrogen and oxygen atoms in total. The third-order valence-corrected chi connectivity index (χ3v) is 3.51. The lowest BCUT2D eigenvalue weighted by atomic mass is 10.1. The van der Waals surface area contributed by atoms with Crippen LogP contribution in [0.25, 0.3) is 11.0 Å². The number of hydrazone groups is 1. The Balaban J connectivity index is 2.16. The lowest BCUT2D eigenvalue weighted by Crippen LogP contribution is -2.27. The van der Waals surface area contributed by atoms with Crippen molar-refractivity contribution in [1.82, 2.24) is 15.0 Å². The summed E-state index contributed by atoms with van der Waals surface area (Å²) in [4.78, 5) is 29.6. The zero-order valence-corrected chi connectivity index (χ0v) is 13.9. The van der Waals surface area contributed by atoms with Crippen LogP contribution in [0.15, 0.2) is 50.9 Å². The van der Waals surface area contributed by atoms with Crippen LogP contribution >= 0.6 is 0 Å². The minimum atomic E-state index is -1.31. The van der Waals surface area contributed by atoms with Crippen molar-refractivity contribution in [3.8, 4) is 0 Å². The van der Waals surface area contributed by atoms with Crippen LogP contribution in [-0.4, -0.2) is 44.8 Å². The number of hydrogen-bond acceptors (Lipinski definition) is 8. The molecule has 134 valence electrons. The Bertz CT molecular complexity index is 1040. The first-order chi connectivity index (χ1) is 12.4. The molecule has 0 aliphatic rings. The number of hydrogen-bond donors (Lipinski definition) is 2. The van der Waals surface area contributed by atoms with Crippen molar-refractivity contribution in [2.45, 2.75) is 6.10 Å². The molecule has 2 aromatic heterocycles. The van der Waals surface area contributed by atoms with Gasteiger partial charge in [-0.3, -0.25) is 14.9 Å². The second-order valence-corrected chi connectivity index (χ2v) is 5.62. The third kappa shape index (κ3) is 3.30. The van der Waals surface area contributed by atoms with Crippen LogP contribution in [0, 0.1) is 10.1 Å². The molecule has 0 bridgehead atoms. The van der Waals surface area contributed by atoms with Gasteiger partial charge in [-0.15, -0.1) is 0 Å². The molecule has 0 fully saturated rings. The smallest absolute Gasteiger partial charge is 0.276 e. The Hall–Kier alpha value is -3.53. The van der Waals surface area contributed by atoms with Crippen molar-refractivity contribution in [3.05, 3.63) is 68.5 Å². The second kappa shape index (κ2) is 6.76. The number of rotatable bonds is 5. The van der Waals surface area contributed by atoms with Gasteiger partial charge in [0, 0.05) is 26.2 Å². The molecular formula is C16H15N5O5. The molecule has 0 radical (unpaired) electrons. The predicted molar refractivity (Wildman–Crippen MR) is 92.9 cm³/mol. The average Bonchev–Trinajstić information content (AvgIpc) is 3.12. The molecule has 3 rings (SSSR count). The summed E-state index contributed by atoms with van der Waals surface area (Å²) in [6.07, 6.45) is 0.0831. The highest BCUT2D eigenvalue weighted by Crippen LogP contribution is 2.20. The van der Waals surface area contributed by atoms with E-state index in [0.29, 0.717) is 5.52 Å². The maximum Gasteiger partial charge on any atom is 0.276 e.